The van der Waals surface area contributed by atoms with Crippen molar-refractivity contribution in [3.05, 3.63) is 64.1 Å². The van der Waals surface area contributed by atoms with E-state index in [4.69, 9.17) is 9.47 Å². The Labute approximate surface area is 132 Å². The summed E-state index contributed by atoms with van der Waals surface area (Å²) in [5.41, 5.74) is 1.46. The van der Waals surface area contributed by atoms with Gasteiger partial charge in [-0.05, 0) is 35.9 Å². The van der Waals surface area contributed by atoms with Crippen molar-refractivity contribution in [2.24, 2.45) is 0 Å². The van der Waals surface area contributed by atoms with E-state index in [9.17, 15) is 4.79 Å². The third-order valence-electron chi connectivity index (χ3n) is 2.97. The van der Waals surface area contributed by atoms with Gasteiger partial charge in [-0.2, -0.15) is 0 Å². The fourth-order valence-corrected chi connectivity index (χ4v) is 2.10. The number of benzene rings is 2. The Hall–Kier alpha value is -2.07. The first-order valence-electron chi connectivity index (χ1n) is 6.34. The summed E-state index contributed by atoms with van der Waals surface area (Å²) >= 11 is 3.38. The highest BCUT2D eigenvalue weighted by molar-refractivity contribution is 9.10. The standard InChI is InChI=1S/C17H15BrO3/c1-20-14-8-9-15(17(11-14)21-2)16(19)10-5-12-3-6-13(18)7-4-12/h3-11H,1-2H3/b10-5-. The summed E-state index contributed by atoms with van der Waals surface area (Å²) < 4.78 is 11.4. The number of ether oxygens (including phenoxy) is 2. The second-order valence-corrected chi connectivity index (χ2v) is 5.23. The minimum Gasteiger partial charge on any atom is -0.497 e. The topological polar surface area (TPSA) is 35.5 Å². The Morgan fingerprint density at radius 3 is 2.38 bits per heavy atom. The Balaban J connectivity index is 2.22. The largest absolute Gasteiger partial charge is 0.497 e. The Bertz CT molecular complexity index is 660. The number of hydrogen-bond donors (Lipinski definition) is 0. The van der Waals surface area contributed by atoms with Crippen molar-refractivity contribution in [3.63, 3.8) is 0 Å². The summed E-state index contributed by atoms with van der Waals surface area (Å²) in [6.07, 6.45) is 3.31. The first-order chi connectivity index (χ1) is 10.1. The molecule has 0 radical (unpaired) electrons. The first kappa shape index (κ1) is 15.3. The Morgan fingerprint density at radius 2 is 1.76 bits per heavy atom. The maximum absolute atomic E-state index is 12.2. The number of carbonyl (C=O) groups excluding carboxylic acids is 1. The van der Waals surface area contributed by atoms with Crippen LogP contribution in [-0.2, 0) is 0 Å². The van der Waals surface area contributed by atoms with Gasteiger partial charge in [0, 0.05) is 10.5 Å². The molecule has 0 bridgehead atoms. The summed E-state index contributed by atoms with van der Waals surface area (Å²) in [5, 5.41) is 0. The number of ketones is 1. The van der Waals surface area contributed by atoms with Crippen molar-refractivity contribution >= 4 is 27.8 Å². The highest BCUT2D eigenvalue weighted by Crippen LogP contribution is 2.25. The van der Waals surface area contributed by atoms with Crippen LogP contribution >= 0.6 is 15.9 Å². The molecule has 0 N–H and O–H groups in total. The highest BCUT2D eigenvalue weighted by atomic mass is 79.9. The van der Waals surface area contributed by atoms with E-state index in [1.54, 1.807) is 31.4 Å². The molecule has 0 spiro atoms. The zero-order valence-electron chi connectivity index (χ0n) is 11.8. The number of halogens is 1. The third-order valence-corrected chi connectivity index (χ3v) is 3.50. The van der Waals surface area contributed by atoms with E-state index >= 15 is 0 Å². The van der Waals surface area contributed by atoms with Gasteiger partial charge in [0.25, 0.3) is 0 Å². The maximum atomic E-state index is 12.2. The average molecular weight is 347 g/mol. The van der Waals surface area contributed by atoms with Crippen molar-refractivity contribution in [3.8, 4) is 11.5 Å². The highest BCUT2D eigenvalue weighted by Gasteiger charge is 2.10. The van der Waals surface area contributed by atoms with Crippen LogP contribution in [0.3, 0.4) is 0 Å². The molecular formula is C17H15BrO3. The zero-order valence-corrected chi connectivity index (χ0v) is 13.4. The van der Waals surface area contributed by atoms with E-state index in [1.165, 1.54) is 13.2 Å². The average Bonchev–Trinajstić information content (AvgIpc) is 2.53. The molecule has 0 unspecified atom stereocenters. The lowest BCUT2D eigenvalue weighted by Gasteiger charge is -2.07. The molecule has 0 saturated heterocycles. The van der Waals surface area contributed by atoms with Crippen LogP contribution in [0.4, 0.5) is 0 Å². The van der Waals surface area contributed by atoms with Crippen molar-refractivity contribution in [2.45, 2.75) is 0 Å². The molecule has 0 saturated carbocycles. The lowest BCUT2D eigenvalue weighted by molar-refractivity contribution is 0.104. The quantitative estimate of drug-likeness (QED) is 0.595. The monoisotopic (exact) mass is 346 g/mol. The van der Waals surface area contributed by atoms with Gasteiger partial charge in [-0.15, -0.1) is 0 Å². The van der Waals surface area contributed by atoms with Gasteiger partial charge in [0.15, 0.2) is 5.78 Å². The fraction of sp³-hybridized carbons (Fsp3) is 0.118. The molecule has 2 aromatic rings. The summed E-state index contributed by atoms with van der Waals surface area (Å²) in [7, 11) is 3.10. The molecule has 2 rings (SSSR count). The van der Waals surface area contributed by atoms with Gasteiger partial charge in [0.1, 0.15) is 11.5 Å². The summed E-state index contributed by atoms with van der Waals surface area (Å²) in [4.78, 5) is 12.2. The van der Waals surface area contributed by atoms with E-state index in [2.05, 4.69) is 15.9 Å². The SMILES string of the molecule is COc1ccc(C(=O)/C=C\c2ccc(Br)cc2)c(OC)c1. The van der Waals surface area contributed by atoms with Crippen LogP contribution in [0.15, 0.2) is 53.0 Å². The van der Waals surface area contributed by atoms with Crippen molar-refractivity contribution in [1.82, 2.24) is 0 Å². The maximum Gasteiger partial charge on any atom is 0.189 e. The van der Waals surface area contributed by atoms with Gasteiger partial charge < -0.3 is 9.47 Å². The zero-order chi connectivity index (χ0) is 15.2. The molecule has 4 heteroatoms. The van der Waals surface area contributed by atoms with Crippen molar-refractivity contribution in [1.29, 1.82) is 0 Å². The van der Waals surface area contributed by atoms with Crippen LogP contribution in [0.25, 0.3) is 6.08 Å². The molecule has 21 heavy (non-hydrogen) atoms. The van der Waals surface area contributed by atoms with Gasteiger partial charge in [-0.25, -0.2) is 0 Å². The molecule has 0 fully saturated rings. The van der Waals surface area contributed by atoms with Gasteiger partial charge >= 0.3 is 0 Å². The molecule has 0 aliphatic heterocycles. The van der Waals surface area contributed by atoms with Crippen molar-refractivity contribution < 1.29 is 14.3 Å². The van der Waals surface area contributed by atoms with Crippen LogP contribution < -0.4 is 9.47 Å². The summed E-state index contributed by atoms with van der Waals surface area (Å²) in [6.45, 7) is 0. The van der Waals surface area contributed by atoms with E-state index in [0.29, 0.717) is 17.1 Å². The summed E-state index contributed by atoms with van der Waals surface area (Å²) in [6, 6.07) is 12.9. The van der Waals surface area contributed by atoms with Crippen molar-refractivity contribution in [2.75, 3.05) is 14.2 Å². The number of allylic oxidation sites excluding steroid dienone is 1. The normalized spacial score (nSPS) is 10.6. The predicted molar refractivity (Wildman–Crippen MR) is 87.1 cm³/mol. The Morgan fingerprint density at radius 1 is 1.05 bits per heavy atom. The van der Waals surface area contributed by atoms with Gasteiger partial charge in [-0.3, -0.25) is 4.79 Å². The van der Waals surface area contributed by atoms with Crippen LogP contribution in [0, 0.1) is 0 Å². The number of methoxy groups -OCH3 is 2. The predicted octanol–water partition coefficient (Wildman–Crippen LogP) is 4.36. The molecule has 3 nitrogen and oxygen atoms in total. The van der Waals surface area contributed by atoms with Gasteiger partial charge in [-0.1, -0.05) is 34.1 Å². The Kier molecular flexibility index (Phi) is 5.17. The van der Waals surface area contributed by atoms with E-state index < -0.39 is 0 Å². The van der Waals surface area contributed by atoms with Crippen LogP contribution in [0.1, 0.15) is 15.9 Å². The van der Waals surface area contributed by atoms with Crippen LogP contribution in [-0.4, -0.2) is 20.0 Å². The third kappa shape index (κ3) is 3.95. The fourth-order valence-electron chi connectivity index (χ4n) is 1.84. The molecule has 0 aliphatic carbocycles. The molecule has 0 atom stereocenters. The molecule has 0 amide bonds. The lowest BCUT2D eigenvalue weighted by Crippen LogP contribution is -1.99. The van der Waals surface area contributed by atoms with Crippen LogP contribution in [0.2, 0.25) is 0 Å². The molecular weight excluding hydrogens is 332 g/mol. The number of rotatable bonds is 5. The number of hydrogen-bond acceptors (Lipinski definition) is 3. The number of carbonyl (C=O) groups is 1. The lowest BCUT2D eigenvalue weighted by atomic mass is 10.1. The van der Waals surface area contributed by atoms with Gasteiger partial charge in [0.2, 0.25) is 0 Å². The van der Waals surface area contributed by atoms with E-state index in [0.717, 1.165) is 10.0 Å². The second kappa shape index (κ2) is 7.09. The molecule has 2 aromatic carbocycles. The molecule has 108 valence electrons. The molecule has 0 aromatic heterocycles. The minimum atomic E-state index is -0.113. The first-order valence-corrected chi connectivity index (χ1v) is 7.13. The minimum absolute atomic E-state index is 0.113. The van der Waals surface area contributed by atoms with E-state index in [-0.39, 0.29) is 5.78 Å². The second-order valence-electron chi connectivity index (χ2n) is 4.32. The summed E-state index contributed by atoms with van der Waals surface area (Å²) in [5.74, 6) is 1.04. The van der Waals surface area contributed by atoms with E-state index in [1.807, 2.05) is 24.3 Å². The molecule has 0 aliphatic rings. The van der Waals surface area contributed by atoms with Crippen LogP contribution in [0.5, 0.6) is 11.5 Å². The molecule has 0 heterocycles. The van der Waals surface area contributed by atoms with Gasteiger partial charge in [0.05, 0.1) is 19.8 Å². The smallest absolute Gasteiger partial charge is 0.189 e.